The quantitative estimate of drug-likeness (QED) is 0.613. The molecule has 0 aromatic heterocycles. The maximum Gasteiger partial charge on any atom is 0.222 e. The number of rotatable bonds is 6. The van der Waals surface area contributed by atoms with Gasteiger partial charge in [-0.2, -0.15) is 0 Å². The molecule has 2 N–H and O–H groups in total. The minimum Gasteiger partial charge on any atom is -0.375 e. The first-order valence-corrected chi connectivity index (χ1v) is 8.50. The molecule has 6 nitrogen and oxygen atoms in total. The third-order valence-corrected chi connectivity index (χ3v) is 4.32. The maximum absolute atomic E-state index is 11.8. The van der Waals surface area contributed by atoms with Gasteiger partial charge in [0, 0.05) is 46.3 Å². The van der Waals surface area contributed by atoms with E-state index < -0.39 is 0 Å². The lowest BCUT2D eigenvalue weighted by molar-refractivity contribution is -0.129. The topological polar surface area (TPSA) is 66.0 Å². The molecular weight excluding hydrogens is 304 g/mol. The van der Waals surface area contributed by atoms with Gasteiger partial charge in [0.05, 0.1) is 6.10 Å². The van der Waals surface area contributed by atoms with Crippen molar-refractivity contribution in [3.63, 3.8) is 0 Å². The molecule has 1 amide bonds. The SMILES string of the molecule is CCC(=O)N1CCC(NC(=NC)NCC(OC)c2ccccc2)C1. The molecule has 2 unspecified atom stereocenters. The molecular formula is C18H28N4O2. The number of methoxy groups -OCH3 is 1. The molecule has 132 valence electrons. The molecule has 1 aromatic rings. The van der Waals surface area contributed by atoms with E-state index in [4.69, 9.17) is 4.74 Å². The van der Waals surface area contributed by atoms with Crippen LogP contribution in [0.25, 0.3) is 0 Å². The Kier molecular flexibility index (Phi) is 7.06. The van der Waals surface area contributed by atoms with Crippen LogP contribution in [0.3, 0.4) is 0 Å². The number of nitrogens with one attached hydrogen (secondary N) is 2. The van der Waals surface area contributed by atoms with Crippen molar-refractivity contribution in [2.45, 2.75) is 31.9 Å². The van der Waals surface area contributed by atoms with E-state index in [2.05, 4.69) is 27.8 Å². The summed E-state index contributed by atoms with van der Waals surface area (Å²) >= 11 is 0. The van der Waals surface area contributed by atoms with Crippen molar-refractivity contribution < 1.29 is 9.53 Å². The van der Waals surface area contributed by atoms with E-state index in [0.29, 0.717) is 13.0 Å². The highest BCUT2D eigenvalue weighted by molar-refractivity contribution is 5.80. The molecule has 24 heavy (non-hydrogen) atoms. The van der Waals surface area contributed by atoms with Crippen LogP contribution in [0, 0.1) is 0 Å². The van der Waals surface area contributed by atoms with Gasteiger partial charge >= 0.3 is 0 Å². The maximum atomic E-state index is 11.8. The Balaban J connectivity index is 1.83. The largest absolute Gasteiger partial charge is 0.375 e. The zero-order valence-corrected chi connectivity index (χ0v) is 14.8. The first-order valence-electron chi connectivity index (χ1n) is 8.50. The minimum absolute atomic E-state index is 0.0357. The van der Waals surface area contributed by atoms with Gasteiger partial charge in [0.25, 0.3) is 0 Å². The van der Waals surface area contributed by atoms with E-state index >= 15 is 0 Å². The second-order valence-corrected chi connectivity index (χ2v) is 5.91. The number of nitrogens with zero attached hydrogens (tertiary/aromatic N) is 2. The van der Waals surface area contributed by atoms with Crippen LogP contribution in [0.1, 0.15) is 31.4 Å². The molecule has 6 heteroatoms. The molecule has 1 aromatic carbocycles. The van der Waals surface area contributed by atoms with Gasteiger partial charge in [-0.05, 0) is 12.0 Å². The van der Waals surface area contributed by atoms with Gasteiger partial charge in [-0.3, -0.25) is 9.79 Å². The smallest absolute Gasteiger partial charge is 0.222 e. The number of benzene rings is 1. The molecule has 2 rings (SSSR count). The molecule has 0 spiro atoms. The molecule has 0 radical (unpaired) electrons. The Morgan fingerprint density at radius 3 is 2.79 bits per heavy atom. The summed E-state index contributed by atoms with van der Waals surface area (Å²) in [5.74, 6) is 0.953. The van der Waals surface area contributed by atoms with E-state index in [9.17, 15) is 4.79 Å². The molecule has 0 saturated carbocycles. The fraction of sp³-hybridized carbons (Fsp3) is 0.556. The number of hydrogen-bond acceptors (Lipinski definition) is 3. The van der Waals surface area contributed by atoms with Crippen LogP contribution in [0.15, 0.2) is 35.3 Å². The van der Waals surface area contributed by atoms with Crippen LogP contribution in [0.4, 0.5) is 0 Å². The van der Waals surface area contributed by atoms with Crippen molar-refractivity contribution in [3.8, 4) is 0 Å². The van der Waals surface area contributed by atoms with E-state index in [0.717, 1.165) is 31.0 Å². The van der Waals surface area contributed by atoms with Crippen molar-refractivity contribution in [1.29, 1.82) is 0 Å². The summed E-state index contributed by atoms with van der Waals surface area (Å²) in [4.78, 5) is 17.9. The first kappa shape index (κ1) is 18.3. The Morgan fingerprint density at radius 1 is 1.42 bits per heavy atom. The van der Waals surface area contributed by atoms with Gasteiger partial charge in [0.15, 0.2) is 5.96 Å². The first-order chi connectivity index (χ1) is 11.7. The predicted octanol–water partition coefficient (Wildman–Crippen LogP) is 1.55. The third-order valence-electron chi connectivity index (χ3n) is 4.32. The monoisotopic (exact) mass is 332 g/mol. The zero-order chi connectivity index (χ0) is 17.4. The summed E-state index contributed by atoms with van der Waals surface area (Å²) in [6.45, 7) is 4.08. The summed E-state index contributed by atoms with van der Waals surface area (Å²) in [6, 6.07) is 10.4. The molecule has 0 bridgehead atoms. The summed E-state index contributed by atoms with van der Waals surface area (Å²) in [5, 5.41) is 6.71. The number of aliphatic imine (C=N–C) groups is 1. The molecule has 1 heterocycles. The number of carbonyl (C=O) groups excluding carboxylic acids is 1. The fourth-order valence-corrected chi connectivity index (χ4v) is 2.91. The van der Waals surface area contributed by atoms with Crippen molar-refractivity contribution >= 4 is 11.9 Å². The second-order valence-electron chi connectivity index (χ2n) is 5.91. The lowest BCUT2D eigenvalue weighted by atomic mass is 10.1. The van der Waals surface area contributed by atoms with E-state index in [1.165, 1.54) is 0 Å². The average molecular weight is 332 g/mol. The minimum atomic E-state index is -0.0357. The number of ether oxygens (including phenoxy) is 1. The van der Waals surface area contributed by atoms with E-state index in [-0.39, 0.29) is 18.1 Å². The van der Waals surface area contributed by atoms with Gasteiger partial charge < -0.3 is 20.3 Å². The van der Waals surface area contributed by atoms with Gasteiger partial charge in [-0.1, -0.05) is 37.3 Å². The van der Waals surface area contributed by atoms with Crippen molar-refractivity contribution in [2.75, 3.05) is 33.8 Å². The van der Waals surface area contributed by atoms with Crippen LogP contribution < -0.4 is 10.6 Å². The summed E-state index contributed by atoms with van der Waals surface area (Å²) < 4.78 is 5.57. The third kappa shape index (κ3) is 4.96. The highest BCUT2D eigenvalue weighted by atomic mass is 16.5. The molecule has 1 aliphatic heterocycles. The van der Waals surface area contributed by atoms with Crippen molar-refractivity contribution in [1.82, 2.24) is 15.5 Å². The zero-order valence-electron chi connectivity index (χ0n) is 14.8. The number of likely N-dealkylation sites (tertiary alicyclic amines) is 1. The lowest BCUT2D eigenvalue weighted by Gasteiger charge is -2.21. The molecule has 2 atom stereocenters. The Morgan fingerprint density at radius 2 is 2.17 bits per heavy atom. The Labute approximate surface area is 144 Å². The molecule has 0 aliphatic carbocycles. The van der Waals surface area contributed by atoms with Crippen LogP contribution >= 0.6 is 0 Å². The highest BCUT2D eigenvalue weighted by Gasteiger charge is 2.25. The van der Waals surface area contributed by atoms with E-state index in [1.807, 2.05) is 30.0 Å². The molecule has 1 aliphatic rings. The number of amides is 1. The van der Waals surface area contributed by atoms with E-state index in [1.54, 1.807) is 14.2 Å². The van der Waals surface area contributed by atoms with Crippen LogP contribution in [-0.2, 0) is 9.53 Å². The highest BCUT2D eigenvalue weighted by Crippen LogP contribution is 2.15. The lowest BCUT2D eigenvalue weighted by Crippen LogP contribution is -2.46. The normalized spacial score (nSPS) is 19.2. The van der Waals surface area contributed by atoms with Crippen molar-refractivity contribution in [2.24, 2.45) is 4.99 Å². The van der Waals surface area contributed by atoms with Crippen molar-refractivity contribution in [3.05, 3.63) is 35.9 Å². The summed E-state index contributed by atoms with van der Waals surface area (Å²) in [6.07, 6.45) is 1.47. The Hall–Kier alpha value is -2.08. The predicted molar refractivity (Wildman–Crippen MR) is 96.0 cm³/mol. The summed E-state index contributed by atoms with van der Waals surface area (Å²) in [7, 11) is 3.46. The van der Waals surface area contributed by atoms with Crippen LogP contribution in [0.5, 0.6) is 0 Å². The number of guanidine groups is 1. The van der Waals surface area contributed by atoms with Crippen LogP contribution in [-0.4, -0.2) is 56.6 Å². The standard InChI is InChI=1S/C18H28N4O2/c1-4-17(23)22-11-10-15(13-22)21-18(19-2)20-12-16(24-3)14-8-6-5-7-9-14/h5-9,15-16H,4,10-13H2,1-3H3,(H2,19,20,21). The van der Waals surface area contributed by atoms with Gasteiger partial charge in [-0.25, -0.2) is 0 Å². The van der Waals surface area contributed by atoms with Crippen LogP contribution in [0.2, 0.25) is 0 Å². The summed E-state index contributed by atoms with van der Waals surface area (Å²) in [5.41, 5.74) is 1.13. The van der Waals surface area contributed by atoms with Gasteiger partial charge in [-0.15, -0.1) is 0 Å². The second kappa shape index (κ2) is 9.27. The van der Waals surface area contributed by atoms with Gasteiger partial charge in [0.1, 0.15) is 0 Å². The molecule has 1 saturated heterocycles. The average Bonchev–Trinajstić information content (AvgIpc) is 3.10. The Bertz CT molecular complexity index is 547. The number of carbonyl (C=O) groups is 1. The molecule has 1 fully saturated rings. The van der Waals surface area contributed by atoms with Gasteiger partial charge in [0.2, 0.25) is 5.91 Å². The fourth-order valence-electron chi connectivity index (χ4n) is 2.91. The number of hydrogen-bond donors (Lipinski definition) is 2.